The van der Waals surface area contributed by atoms with Gasteiger partial charge in [-0.3, -0.25) is 4.79 Å². The highest BCUT2D eigenvalue weighted by atomic mass is 35.5. The predicted octanol–water partition coefficient (Wildman–Crippen LogP) is 3.11. The molecule has 1 fully saturated rings. The summed E-state index contributed by atoms with van der Waals surface area (Å²) in [5.74, 6) is -0.245. The maximum Gasteiger partial charge on any atom is 0.235 e. The van der Waals surface area contributed by atoms with E-state index in [1.165, 1.54) is 0 Å². The van der Waals surface area contributed by atoms with Crippen molar-refractivity contribution in [3.63, 3.8) is 0 Å². The molecule has 1 saturated carbocycles. The molecule has 0 bridgehead atoms. The smallest absolute Gasteiger partial charge is 0.235 e. The van der Waals surface area contributed by atoms with E-state index < -0.39 is 9.75 Å². The molecule has 102 valence electrons. The second-order valence-electron chi connectivity index (χ2n) is 4.87. The first-order chi connectivity index (χ1) is 8.78. The van der Waals surface area contributed by atoms with E-state index in [4.69, 9.17) is 35.4 Å². The molecular weight excluding hydrogens is 303 g/mol. The van der Waals surface area contributed by atoms with Crippen LogP contribution in [-0.2, 0) is 4.79 Å². The van der Waals surface area contributed by atoms with Crippen LogP contribution in [0.15, 0.2) is 30.3 Å². The van der Waals surface area contributed by atoms with E-state index in [1.807, 2.05) is 30.3 Å². The molecule has 1 N–H and O–H groups in total. The number of alkyl halides is 2. The highest BCUT2D eigenvalue weighted by Crippen LogP contribution is 2.63. The molecule has 3 nitrogen and oxygen atoms in total. The molecule has 1 aromatic carbocycles. The van der Waals surface area contributed by atoms with E-state index in [-0.39, 0.29) is 5.91 Å². The molecule has 0 heterocycles. The van der Waals surface area contributed by atoms with Crippen LogP contribution < -0.4 is 10.2 Å². The SMILES string of the molecule is CN(C(=S)NC(=O)[C@@]1(C)CC1(Cl)Cl)c1ccccc1. The quantitative estimate of drug-likeness (QED) is 0.672. The van der Waals surface area contributed by atoms with Crippen LogP contribution in [0.25, 0.3) is 0 Å². The van der Waals surface area contributed by atoms with E-state index >= 15 is 0 Å². The van der Waals surface area contributed by atoms with Gasteiger partial charge in [0, 0.05) is 12.7 Å². The van der Waals surface area contributed by atoms with Gasteiger partial charge in [-0.05, 0) is 37.7 Å². The molecule has 1 aliphatic carbocycles. The van der Waals surface area contributed by atoms with E-state index in [1.54, 1.807) is 18.9 Å². The molecule has 0 unspecified atom stereocenters. The molecule has 1 aromatic rings. The van der Waals surface area contributed by atoms with Crippen molar-refractivity contribution in [2.45, 2.75) is 17.7 Å². The zero-order valence-electron chi connectivity index (χ0n) is 10.6. The van der Waals surface area contributed by atoms with Crippen LogP contribution in [0.3, 0.4) is 0 Å². The topological polar surface area (TPSA) is 32.3 Å². The number of carbonyl (C=O) groups excluding carboxylic acids is 1. The first-order valence-electron chi connectivity index (χ1n) is 5.80. The Hall–Kier alpha value is -0.840. The molecule has 1 atom stereocenters. The first-order valence-corrected chi connectivity index (χ1v) is 6.96. The molecule has 1 aliphatic rings. The van der Waals surface area contributed by atoms with Crippen molar-refractivity contribution in [2.24, 2.45) is 5.41 Å². The molecule has 19 heavy (non-hydrogen) atoms. The van der Waals surface area contributed by atoms with Crippen molar-refractivity contribution in [3.05, 3.63) is 30.3 Å². The van der Waals surface area contributed by atoms with Gasteiger partial charge in [-0.15, -0.1) is 23.2 Å². The summed E-state index contributed by atoms with van der Waals surface area (Å²) in [5, 5.41) is 3.01. The van der Waals surface area contributed by atoms with Crippen molar-refractivity contribution in [1.82, 2.24) is 5.32 Å². The third kappa shape index (κ3) is 2.71. The fraction of sp³-hybridized carbons (Fsp3) is 0.385. The van der Waals surface area contributed by atoms with Crippen LogP contribution in [0.2, 0.25) is 0 Å². The molecule has 0 aliphatic heterocycles. The van der Waals surface area contributed by atoms with Crippen molar-refractivity contribution >= 4 is 52.1 Å². The first kappa shape index (κ1) is 14.6. The number of hydrogen-bond donors (Lipinski definition) is 1. The van der Waals surface area contributed by atoms with Crippen molar-refractivity contribution in [1.29, 1.82) is 0 Å². The standard InChI is InChI=1S/C13H14Cl2N2OS/c1-12(8-13(12,14)15)10(18)16-11(19)17(2)9-6-4-3-5-7-9/h3-7H,8H2,1-2H3,(H,16,18,19)/t12-/m1/s1. The Bertz CT molecular complexity index is 521. The number of nitrogens with one attached hydrogen (secondary N) is 1. The van der Waals surface area contributed by atoms with Gasteiger partial charge < -0.3 is 10.2 Å². The van der Waals surface area contributed by atoms with Crippen LogP contribution in [0.5, 0.6) is 0 Å². The largest absolute Gasteiger partial charge is 0.322 e. The van der Waals surface area contributed by atoms with E-state index in [9.17, 15) is 4.79 Å². The lowest BCUT2D eigenvalue weighted by Crippen LogP contribution is -2.44. The summed E-state index contributed by atoms with van der Waals surface area (Å²) in [6.07, 6.45) is 0.437. The minimum absolute atomic E-state index is 0.245. The summed E-state index contributed by atoms with van der Waals surface area (Å²) >= 11 is 17.2. The van der Waals surface area contributed by atoms with Gasteiger partial charge in [-0.25, -0.2) is 0 Å². The summed E-state index contributed by atoms with van der Waals surface area (Å²) in [4.78, 5) is 13.8. The van der Waals surface area contributed by atoms with Gasteiger partial charge in [-0.2, -0.15) is 0 Å². The fourth-order valence-electron chi connectivity index (χ4n) is 1.73. The Morgan fingerprint density at radius 2 is 1.89 bits per heavy atom. The fourth-order valence-corrected chi connectivity index (χ4v) is 2.64. The number of halogens is 2. The molecule has 0 radical (unpaired) electrons. The third-order valence-corrected chi connectivity index (χ3v) is 4.90. The van der Waals surface area contributed by atoms with E-state index in [2.05, 4.69) is 5.32 Å². The second-order valence-corrected chi connectivity index (χ2v) is 6.74. The number of carbonyl (C=O) groups is 1. The number of benzene rings is 1. The zero-order valence-corrected chi connectivity index (χ0v) is 12.9. The van der Waals surface area contributed by atoms with Crippen LogP contribution in [0, 0.1) is 5.41 Å². The highest BCUT2D eigenvalue weighted by molar-refractivity contribution is 7.80. The average Bonchev–Trinajstić information content (AvgIpc) is 2.90. The number of rotatable bonds is 2. The lowest BCUT2D eigenvalue weighted by atomic mass is 10.1. The van der Waals surface area contributed by atoms with Crippen molar-refractivity contribution < 1.29 is 4.79 Å². The summed E-state index contributed by atoms with van der Waals surface area (Å²) in [6.45, 7) is 1.73. The van der Waals surface area contributed by atoms with Crippen LogP contribution in [0.1, 0.15) is 13.3 Å². The summed E-state index contributed by atoms with van der Waals surface area (Å²) < 4.78 is -0.988. The zero-order chi connectivity index (χ0) is 14.3. The molecule has 0 saturated heterocycles. The number of amides is 1. The molecule has 0 spiro atoms. The molecular formula is C13H14Cl2N2OS. The summed E-state index contributed by atoms with van der Waals surface area (Å²) in [7, 11) is 1.79. The van der Waals surface area contributed by atoms with Crippen molar-refractivity contribution in [3.8, 4) is 0 Å². The Kier molecular flexibility index (Phi) is 3.78. The van der Waals surface area contributed by atoms with Gasteiger partial charge in [0.1, 0.15) is 4.33 Å². The molecule has 0 aromatic heterocycles. The number of nitrogens with zero attached hydrogens (tertiary/aromatic N) is 1. The van der Waals surface area contributed by atoms with E-state index in [0.29, 0.717) is 11.5 Å². The van der Waals surface area contributed by atoms with Crippen LogP contribution in [0.4, 0.5) is 5.69 Å². The van der Waals surface area contributed by atoms with Gasteiger partial charge in [0.2, 0.25) is 5.91 Å². The second kappa shape index (κ2) is 4.93. The van der Waals surface area contributed by atoms with Crippen LogP contribution in [-0.4, -0.2) is 22.4 Å². The van der Waals surface area contributed by atoms with Gasteiger partial charge in [0.05, 0.1) is 5.41 Å². The Balaban J connectivity index is 2.01. The van der Waals surface area contributed by atoms with E-state index in [0.717, 1.165) is 5.69 Å². The summed E-state index contributed by atoms with van der Waals surface area (Å²) in [6, 6.07) is 9.54. The maximum absolute atomic E-state index is 12.1. The lowest BCUT2D eigenvalue weighted by molar-refractivity contribution is -0.124. The van der Waals surface area contributed by atoms with Gasteiger partial charge in [0.25, 0.3) is 0 Å². The lowest BCUT2D eigenvalue weighted by Gasteiger charge is -2.22. The van der Waals surface area contributed by atoms with Gasteiger partial charge in [0.15, 0.2) is 5.11 Å². The molecule has 2 rings (SSSR count). The minimum Gasteiger partial charge on any atom is -0.322 e. The Morgan fingerprint density at radius 3 is 2.37 bits per heavy atom. The predicted molar refractivity (Wildman–Crippen MR) is 82.7 cm³/mol. The Morgan fingerprint density at radius 1 is 1.37 bits per heavy atom. The normalized spacial score (nSPS) is 23.6. The Labute approximate surface area is 127 Å². The summed E-state index contributed by atoms with van der Waals surface area (Å²) in [5.41, 5.74) is 0.134. The maximum atomic E-state index is 12.1. The highest BCUT2D eigenvalue weighted by Gasteiger charge is 2.68. The van der Waals surface area contributed by atoms with Crippen molar-refractivity contribution in [2.75, 3.05) is 11.9 Å². The third-order valence-electron chi connectivity index (χ3n) is 3.43. The molecule has 1 amide bonds. The van der Waals surface area contributed by atoms with Crippen LogP contribution >= 0.6 is 35.4 Å². The number of thiocarbonyl (C=S) groups is 1. The monoisotopic (exact) mass is 316 g/mol. The average molecular weight is 317 g/mol. The number of anilines is 1. The van der Waals surface area contributed by atoms with Gasteiger partial charge in [-0.1, -0.05) is 18.2 Å². The number of hydrogen-bond acceptors (Lipinski definition) is 2. The minimum atomic E-state index is -0.988. The van der Waals surface area contributed by atoms with Gasteiger partial charge >= 0.3 is 0 Å². The molecule has 6 heteroatoms. The number of para-hydroxylation sites is 1.